The van der Waals surface area contributed by atoms with Crippen molar-refractivity contribution in [1.29, 1.82) is 0 Å². The average molecular weight is 342 g/mol. The summed E-state index contributed by atoms with van der Waals surface area (Å²) in [7, 11) is 0. The van der Waals surface area contributed by atoms with Gasteiger partial charge in [0.1, 0.15) is 0 Å². The maximum absolute atomic E-state index is 3.84. The van der Waals surface area contributed by atoms with Crippen LogP contribution in [0.15, 0.2) is 9.85 Å². The number of hydrogen-bond donors (Lipinski definition) is 1. The second-order valence-electron chi connectivity index (χ2n) is 6.38. The van der Waals surface area contributed by atoms with Crippen LogP contribution in [-0.2, 0) is 0 Å². The van der Waals surface area contributed by atoms with Crippen molar-refractivity contribution in [2.45, 2.75) is 52.0 Å². The zero-order valence-electron chi connectivity index (χ0n) is 11.9. The molecular weight excluding hydrogens is 318 g/mol. The van der Waals surface area contributed by atoms with Gasteiger partial charge in [0.15, 0.2) is 0 Å². The minimum absolute atomic E-state index is 0.602. The summed E-state index contributed by atoms with van der Waals surface area (Å²) in [6.07, 6.45) is 7.16. The van der Waals surface area contributed by atoms with E-state index >= 15 is 0 Å². The lowest BCUT2D eigenvalue weighted by atomic mass is 9.82. The van der Waals surface area contributed by atoms with Gasteiger partial charge in [0.2, 0.25) is 0 Å². The standard InChI is InChI=1S/C16H24BrNS/c1-3-6-18-15(14-7-10(2)16(17)19-14)13-9-11-4-5-12(13)8-11/h7,11-13,15,18H,3-6,8-9H2,1-2H3. The molecule has 2 fully saturated rings. The zero-order valence-corrected chi connectivity index (χ0v) is 14.3. The summed E-state index contributed by atoms with van der Waals surface area (Å²) in [5.74, 6) is 2.90. The Labute approximate surface area is 129 Å². The Bertz CT molecular complexity index is 422. The molecule has 0 radical (unpaired) electrons. The van der Waals surface area contributed by atoms with Crippen molar-refractivity contribution in [3.63, 3.8) is 0 Å². The van der Waals surface area contributed by atoms with Crippen LogP contribution in [0.25, 0.3) is 0 Å². The molecule has 1 nitrogen and oxygen atoms in total. The van der Waals surface area contributed by atoms with Crippen LogP contribution in [0, 0.1) is 24.7 Å². The van der Waals surface area contributed by atoms with Gasteiger partial charge in [0.05, 0.1) is 3.79 Å². The number of fused-ring (bicyclic) bond motifs is 2. The molecule has 1 aromatic rings. The molecule has 106 valence electrons. The first-order valence-corrected chi connectivity index (χ1v) is 9.29. The maximum Gasteiger partial charge on any atom is 0.0731 e. The first-order chi connectivity index (χ1) is 9.19. The predicted octanol–water partition coefficient (Wildman–Crippen LogP) is 5.30. The third-order valence-electron chi connectivity index (χ3n) is 5.02. The molecule has 1 N–H and O–H groups in total. The van der Waals surface area contributed by atoms with Gasteiger partial charge in [-0.25, -0.2) is 0 Å². The highest BCUT2D eigenvalue weighted by Crippen LogP contribution is 2.53. The Hall–Kier alpha value is 0.140. The van der Waals surface area contributed by atoms with Crippen molar-refractivity contribution in [2.24, 2.45) is 17.8 Å². The number of halogens is 1. The van der Waals surface area contributed by atoms with Crippen molar-refractivity contribution in [1.82, 2.24) is 5.32 Å². The maximum atomic E-state index is 3.84. The number of rotatable bonds is 5. The highest BCUT2D eigenvalue weighted by Gasteiger charge is 2.43. The van der Waals surface area contributed by atoms with Crippen molar-refractivity contribution in [2.75, 3.05) is 6.54 Å². The molecule has 0 saturated heterocycles. The van der Waals surface area contributed by atoms with Crippen LogP contribution in [0.1, 0.15) is 55.5 Å². The summed E-state index contributed by atoms with van der Waals surface area (Å²) in [5.41, 5.74) is 1.39. The molecule has 3 heteroatoms. The van der Waals surface area contributed by atoms with Crippen LogP contribution in [0.5, 0.6) is 0 Å². The van der Waals surface area contributed by atoms with E-state index in [2.05, 4.69) is 41.2 Å². The Morgan fingerprint density at radius 1 is 1.42 bits per heavy atom. The van der Waals surface area contributed by atoms with Crippen molar-refractivity contribution in [3.05, 3.63) is 20.3 Å². The Balaban J connectivity index is 1.81. The summed E-state index contributed by atoms with van der Waals surface area (Å²) in [5, 5.41) is 3.84. The predicted molar refractivity (Wildman–Crippen MR) is 86.7 cm³/mol. The molecule has 3 rings (SSSR count). The molecule has 0 aromatic carbocycles. The van der Waals surface area contributed by atoms with E-state index in [-0.39, 0.29) is 0 Å². The van der Waals surface area contributed by atoms with Gasteiger partial charge in [-0.15, -0.1) is 11.3 Å². The molecule has 4 atom stereocenters. The summed E-state index contributed by atoms with van der Waals surface area (Å²) >= 11 is 5.63. The highest BCUT2D eigenvalue weighted by molar-refractivity contribution is 9.11. The van der Waals surface area contributed by atoms with E-state index in [9.17, 15) is 0 Å². The van der Waals surface area contributed by atoms with Gasteiger partial charge in [-0.2, -0.15) is 0 Å². The van der Waals surface area contributed by atoms with Crippen LogP contribution in [0.4, 0.5) is 0 Å². The smallest absolute Gasteiger partial charge is 0.0731 e. The fraction of sp³-hybridized carbons (Fsp3) is 0.750. The van der Waals surface area contributed by atoms with Gasteiger partial charge in [0.25, 0.3) is 0 Å². The minimum Gasteiger partial charge on any atom is -0.309 e. The number of aryl methyl sites for hydroxylation is 1. The van der Waals surface area contributed by atoms with E-state index in [0.717, 1.165) is 24.3 Å². The van der Waals surface area contributed by atoms with Crippen LogP contribution >= 0.6 is 27.3 Å². The molecule has 1 heterocycles. The summed E-state index contributed by atoms with van der Waals surface area (Å²) in [4.78, 5) is 1.55. The zero-order chi connectivity index (χ0) is 13.4. The lowest BCUT2D eigenvalue weighted by molar-refractivity contribution is 0.253. The first kappa shape index (κ1) is 14.1. The van der Waals surface area contributed by atoms with Gasteiger partial charge in [-0.05, 0) is 84.5 Å². The largest absolute Gasteiger partial charge is 0.309 e. The third kappa shape index (κ3) is 2.79. The highest BCUT2D eigenvalue weighted by atomic mass is 79.9. The molecule has 0 amide bonds. The lowest BCUT2D eigenvalue weighted by Crippen LogP contribution is -2.31. The van der Waals surface area contributed by atoms with Gasteiger partial charge in [-0.3, -0.25) is 0 Å². The second-order valence-corrected chi connectivity index (χ2v) is 8.78. The second kappa shape index (κ2) is 5.87. The van der Waals surface area contributed by atoms with Crippen LogP contribution in [0.3, 0.4) is 0 Å². The van der Waals surface area contributed by atoms with Crippen LogP contribution < -0.4 is 5.32 Å². The van der Waals surface area contributed by atoms with E-state index in [0.29, 0.717) is 6.04 Å². The van der Waals surface area contributed by atoms with E-state index in [4.69, 9.17) is 0 Å². The van der Waals surface area contributed by atoms with Gasteiger partial charge in [0, 0.05) is 10.9 Å². The van der Waals surface area contributed by atoms with Crippen LogP contribution in [-0.4, -0.2) is 6.54 Å². The Morgan fingerprint density at radius 3 is 2.79 bits per heavy atom. The molecule has 2 bridgehead atoms. The average Bonchev–Trinajstić information content (AvgIpc) is 3.08. The normalized spacial score (nSPS) is 31.0. The summed E-state index contributed by atoms with van der Waals surface area (Å²) < 4.78 is 1.31. The minimum atomic E-state index is 0.602. The van der Waals surface area contributed by atoms with E-state index < -0.39 is 0 Å². The first-order valence-electron chi connectivity index (χ1n) is 7.68. The van der Waals surface area contributed by atoms with Crippen molar-refractivity contribution in [3.8, 4) is 0 Å². The number of hydrogen-bond acceptors (Lipinski definition) is 2. The molecule has 19 heavy (non-hydrogen) atoms. The molecule has 1 aromatic heterocycles. The SMILES string of the molecule is CCCNC(c1cc(C)c(Br)s1)C1CC2CCC1C2. The third-order valence-corrected chi connectivity index (χ3v) is 7.24. The van der Waals surface area contributed by atoms with Crippen molar-refractivity contribution >= 4 is 27.3 Å². The molecule has 0 spiro atoms. The molecular formula is C16H24BrNS. The van der Waals surface area contributed by atoms with Crippen LogP contribution in [0.2, 0.25) is 0 Å². The Morgan fingerprint density at radius 2 is 2.26 bits per heavy atom. The lowest BCUT2D eigenvalue weighted by Gasteiger charge is -2.30. The monoisotopic (exact) mass is 341 g/mol. The number of nitrogens with one attached hydrogen (secondary N) is 1. The quantitative estimate of drug-likeness (QED) is 0.766. The topological polar surface area (TPSA) is 12.0 Å². The molecule has 2 aliphatic carbocycles. The van der Waals surface area contributed by atoms with Gasteiger partial charge < -0.3 is 5.32 Å². The Kier molecular flexibility index (Phi) is 4.35. The summed E-state index contributed by atoms with van der Waals surface area (Å²) in [6, 6.07) is 3.00. The fourth-order valence-corrected chi connectivity index (χ4v) is 5.82. The fourth-order valence-electron chi connectivity index (χ4n) is 4.10. The molecule has 2 saturated carbocycles. The summed E-state index contributed by atoms with van der Waals surface area (Å²) in [6.45, 7) is 5.62. The molecule has 4 unspecified atom stereocenters. The molecule has 0 aliphatic heterocycles. The van der Waals surface area contributed by atoms with E-state index in [1.807, 2.05) is 11.3 Å². The van der Waals surface area contributed by atoms with E-state index in [1.54, 1.807) is 4.88 Å². The molecule has 2 aliphatic rings. The van der Waals surface area contributed by atoms with Gasteiger partial charge >= 0.3 is 0 Å². The van der Waals surface area contributed by atoms with Crippen molar-refractivity contribution < 1.29 is 0 Å². The number of thiophene rings is 1. The van der Waals surface area contributed by atoms with Gasteiger partial charge in [-0.1, -0.05) is 13.3 Å². The van der Waals surface area contributed by atoms with E-state index in [1.165, 1.54) is 41.5 Å².